The van der Waals surface area contributed by atoms with Crippen LogP contribution >= 0.6 is 0 Å². The van der Waals surface area contributed by atoms with Crippen molar-refractivity contribution in [3.63, 3.8) is 0 Å². The number of hydrogen-bond donors (Lipinski definition) is 3. The van der Waals surface area contributed by atoms with Crippen LogP contribution in [0.1, 0.15) is 30.9 Å². The van der Waals surface area contributed by atoms with Gasteiger partial charge in [0.1, 0.15) is 17.0 Å². The molecule has 3 N–H and O–H groups in total. The van der Waals surface area contributed by atoms with E-state index in [-0.39, 0.29) is 22.9 Å². The molecule has 0 spiro atoms. The molecule has 0 radical (unpaired) electrons. The summed E-state index contributed by atoms with van der Waals surface area (Å²) in [4.78, 5) is 4.33. The first-order valence-electron chi connectivity index (χ1n) is 9.07. The Balaban J connectivity index is 1.79. The number of phenols is 1. The molecule has 1 aromatic carbocycles. The number of pyridine rings is 1. The molecule has 1 aliphatic carbocycles. The molecule has 9 heteroatoms. The van der Waals surface area contributed by atoms with E-state index in [4.69, 9.17) is 0 Å². The minimum absolute atomic E-state index is 0.0368. The molecule has 1 saturated carbocycles. The molecule has 1 fully saturated rings. The van der Waals surface area contributed by atoms with Crippen LogP contribution in [-0.4, -0.2) is 37.0 Å². The van der Waals surface area contributed by atoms with Crippen molar-refractivity contribution in [2.75, 3.05) is 5.32 Å². The first-order valence-corrected chi connectivity index (χ1v) is 9.07. The highest BCUT2D eigenvalue weighted by Crippen LogP contribution is 2.41. The Labute approximate surface area is 164 Å². The van der Waals surface area contributed by atoms with Crippen LogP contribution in [-0.2, 0) is 6.18 Å². The van der Waals surface area contributed by atoms with Gasteiger partial charge in [-0.15, -0.1) is 10.2 Å². The smallest absolute Gasteiger partial charge is 0.416 e. The average molecular weight is 404 g/mol. The van der Waals surface area contributed by atoms with Gasteiger partial charge >= 0.3 is 6.18 Å². The number of halogens is 3. The van der Waals surface area contributed by atoms with E-state index in [0.29, 0.717) is 35.6 Å². The van der Waals surface area contributed by atoms with Crippen LogP contribution in [0, 0.1) is 6.92 Å². The number of fused-ring (bicyclic) bond motifs is 1. The molecule has 4 rings (SSSR count). The molecule has 3 aromatic rings. The van der Waals surface area contributed by atoms with Gasteiger partial charge in [-0.2, -0.15) is 13.2 Å². The van der Waals surface area contributed by atoms with Crippen LogP contribution in [0.25, 0.3) is 22.2 Å². The van der Waals surface area contributed by atoms with E-state index in [1.807, 2.05) is 0 Å². The number of aromatic nitrogens is 3. The fourth-order valence-electron chi connectivity index (χ4n) is 3.80. The summed E-state index contributed by atoms with van der Waals surface area (Å²) in [6, 6.07) is 5.18. The quantitative estimate of drug-likeness (QED) is 0.610. The van der Waals surface area contributed by atoms with Crippen molar-refractivity contribution in [1.82, 2.24) is 15.2 Å². The highest BCUT2D eigenvalue weighted by molar-refractivity contribution is 5.98. The van der Waals surface area contributed by atoms with E-state index in [9.17, 15) is 23.4 Å². The summed E-state index contributed by atoms with van der Waals surface area (Å²) >= 11 is 0. The lowest BCUT2D eigenvalue weighted by molar-refractivity contribution is -0.137. The summed E-state index contributed by atoms with van der Waals surface area (Å²) in [5, 5.41) is 32.4. The standard InChI is InChI=1S/C20H19F3N4O2/c1-10-6-11(20(21,22)23)7-14(28)15(10)17-16-13(4-3-5-24-16)18(27-26-17)25-12-8-19(2,29)9-12/h3-7,12,28-29H,8-9H2,1-2H3,(H,25,27). The maximum absolute atomic E-state index is 13.0. The SMILES string of the molecule is Cc1cc(C(F)(F)F)cc(O)c1-c1nnc(NC2CC(C)(O)C2)c2cccnc12. The van der Waals surface area contributed by atoms with Crippen molar-refractivity contribution in [1.29, 1.82) is 0 Å². The summed E-state index contributed by atoms with van der Waals surface area (Å²) in [6.45, 7) is 3.24. The minimum Gasteiger partial charge on any atom is -0.507 e. The maximum Gasteiger partial charge on any atom is 0.416 e. The molecule has 0 unspecified atom stereocenters. The number of benzene rings is 1. The van der Waals surface area contributed by atoms with Gasteiger partial charge in [-0.25, -0.2) is 0 Å². The normalized spacial score (nSPS) is 21.8. The predicted molar refractivity (Wildman–Crippen MR) is 101 cm³/mol. The average Bonchev–Trinajstić information content (AvgIpc) is 2.60. The fraction of sp³-hybridized carbons (Fsp3) is 0.350. The van der Waals surface area contributed by atoms with Gasteiger partial charge in [-0.3, -0.25) is 4.98 Å². The van der Waals surface area contributed by atoms with Gasteiger partial charge in [0.25, 0.3) is 0 Å². The second-order valence-corrected chi connectivity index (χ2v) is 7.73. The van der Waals surface area contributed by atoms with E-state index in [1.54, 1.807) is 25.3 Å². The Bertz CT molecular complexity index is 1070. The van der Waals surface area contributed by atoms with Crippen molar-refractivity contribution in [2.24, 2.45) is 0 Å². The minimum atomic E-state index is -4.56. The van der Waals surface area contributed by atoms with Crippen molar-refractivity contribution in [3.8, 4) is 17.0 Å². The Morgan fingerprint density at radius 3 is 2.55 bits per heavy atom. The van der Waals surface area contributed by atoms with Crippen LogP contribution in [0.4, 0.5) is 19.0 Å². The van der Waals surface area contributed by atoms with Gasteiger partial charge < -0.3 is 15.5 Å². The molecular formula is C20H19F3N4O2. The Kier molecular flexibility index (Phi) is 4.38. The molecule has 29 heavy (non-hydrogen) atoms. The molecule has 152 valence electrons. The number of alkyl halides is 3. The molecule has 0 bridgehead atoms. The molecule has 6 nitrogen and oxygen atoms in total. The summed E-state index contributed by atoms with van der Waals surface area (Å²) < 4.78 is 39.1. The van der Waals surface area contributed by atoms with E-state index in [1.165, 1.54) is 6.92 Å². The summed E-state index contributed by atoms with van der Waals surface area (Å²) in [7, 11) is 0. The zero-order chi connectivity index (χ0) is 21.0. The first-order chi connectivity index (χ1) is 13.5. The third-order valence-corrected chi connectivity index (χ3v) is 5.13. The number of phenolic OH excluding ortho intramolecular Hbond substituents is 1. The molecule has 2 heterocycles. The van der Waals surface area contributed by atoms with Gasteiger partial charge in [-0.05, 0) is 56.5 Å². The van der Waals surface area contributed by atoms with Gasteiger partial charge in [-0.1, -0.05) is 0 Å². The number of nitrogens with zero attached hydrogens (tertiary/aromatic N) is 3. The molecule has 1 aliphatic rings. The van der Waals surface area contributed by atoms with E-state index < -0.39 is 23.1 Å². The Morgan fingerprint density at radius 2 is 1.93 bits per heavy atom. The Morgan fingerprint density at radius 1 is 1.21 bits per heavy atom. The lowest BCUT2D eigenvalue weighted by Gasteiger charge is -2.41. The van der Waals surface area contributed by atoms with Crippen LogP contribution in [0.15, 0.2) is 30.5 Å². The van der Waals surface area contributed by atoms with Gasteiger partial charge in [0.05, 0.1) is 11.2 Å². The first kappa shape index (κ1) is 19.4. The lowest BCUT2D eigenvalue weighted by atomic mass is 9.77. The Hall–Kier alpha value is -2.94. The number of rotatable bonds is 3. The number of anilines is 1. The molecular weight excluding hydrogens is 385 g/mol. The van der Waals surface area contributed by atoms with Gasteiger partial charge in [0.15, 0.2) is 5.82 Å². The highest BCUT2D eigenvalue weighted by atomic mass is 19.4. The van der Waals surface area contributed by atoms with E-state index >= 15 is 0 Å². The number of hydrogen-bond acceptors (Lipinski definition) is 6. The monoisotopic (exact) mass is 404 g/mol. The number of nitrogens with one attached hydrogen (secondary N) is 1. The van der Waals surface area contributed by atoms with Crippen LogP contribution < -0.4 is 5.32 Å². The van der Waals surface area contributed by atoms with E-state index in [2.05, 4.69) is 20.5 Å². The third-order valence-electron chi connectivity index (χ3n) is 5.13. The summed E-state index contributed by atoms with van der Waals surface area (Å²) in [6.07, 6.45) is -1.89. The fourth-order valence-corrected chi connectivity index (χ4v) is 3.80. The van der Waals surface area contributed by atoms with Gasteiger partial charge in [0.2, 0.25) is 0 Å². The summed E-state index contributed by atoms with van der Waals surface area (Å²) in [5.74, 6) is -0.0595. The zero-order valence-electron chi connectivity index (χ0n) is 15.7. The number of aliphatic hydroxyl groups is 1. The lowest BCUT2D eigenvalue weighted by Crippen LogP contribution is -2.48. The molecule has 2 aromatic heterocycles. The predicted octanol–water partition coefficient (Wildman–Crippen LogP) is 4.05. The van der Waals surface area contributed by atoms with Crippen molar-refractivity contribution in [2.45, 2.75) is 44.5 Å². The van der Waals surface area contributed by atoms with Crippen LogP contribution in [0.3, 0.4) is 0 Å². The zero-order valence-corrected chi connectivity index (χ0v) is 15.7. The maximum atomic E-state index is 13.0. The molecule has 0 saturated heterocycles. The van der Waals surface area contributed by atoms with E-state index in [0.717, 1.165) is 6.07 Å². The highest BCUT2D eigenvalue weighted by Gasteiger charge is 2.39. The van der Waals surface area contributed by atoms with Crippen molar-refractivity contribution in [3.05, 3.63) is 41.6 Å². The van der Waals surface area contributed by atoms with Crippen molar-refractivity contribution >= 4 is 16.7 Å². The van der Waals surface area contributed by atoms with Gasteiger partial charge in [0, 0.05) is 23.2 Å². The third kappa shape index (κ3) is 3.57. The molecule has 0 amide bonds. The van der Waals surface area contributed by atoms with Crippen molar-refractivity contribution < 1.29 is 23.4 Å². The largest absolute Gasteiger partial charge is 0.507 e. The second-order valence-electron chi connectivity index (χ2n) is 7.73. The van der Waals surface area contributed by atoms with Crippen LogP contribution in [0.2, 0.25) is 0 Å². The van der Waals surface area contributed by atoms with Crippen LogP contribution in [0.5, 0.6) is 5.75 Å². The molecule has 0 atom stereocenters. The summed E-state index contributed by atoms with van der Waals surface area (Å²) in [5.41, 5.74) is -0.648. The number of aryl methyl sites for hydroxylation is 1. The number of aromatic hydroxyl groups is 1. The second kappa shape index (κ2) is 6.55. The molecule has 0 aliphatic heterocycles. The topological polar surface area (TPSA) is 91.2 Å².